The van der Waals surface area contributed by atoms with E-state index in [4.69, 9.17) is 0 Å². The third kappa shape index (κ3) is 5.19. The lowest BCUT2D eigenvalue weighted by Gasteiger charge is -2.08. The third-order valence-electron chi connectivity index (χ3n) is 2.78. The highest BCUT2D eigenvalue weighted by Gasteiger charge is 1.99. The molecule has 4 heteroatoms. The van der Waals surface area contributed by atoms with Gasteiger partial charge in [0.05, 0.1) is 0 Å². The monoisotopic (exact) mass is 244 g/mol. The number of amides is 1. The van der Waals surface area contributed by atoms with Crippen molar-refractivity contribution in [2.45, 2.75) is 19.9 Å². The number of hydrogen-bond donors (Lipinski definition) is 2. The Labute approximate surface area is 110 Å². The fourth-order valence-corrected chi connectivity index (χ4v) is 1.60. The van der Waals surface area contributed by atoms with Crippen LogP contribution >= 0.6 is 0 Å². The normalized spacial score (nSPS) is 10.1. The smallest absolute Gasteiger partial charge is 0.246 e. The first-order chi connectivity index (χ1) is 8.61. The quantitative estimate of drug-likeness (QED) is 0.406. The van der Waals surface area contributed by atoms with Gasteiger partial charge in [0.1, 0.15) is 7.85 Å². The summed E-state index contributed by atoms with van der Waals surface area (Å²) in [6.45, 7) is 7.76. The minimum Gasteiger partial charge on any atom is -0.352 e. The third-order valence-corrected chi connectivity index (χ3v) is 2.78. The maximum atomic E-state index is 11.2. The summed E-state index contributed by atoms with van der Waals surface area (Å²) in [7, 11) is 2.12. The predicted molar refractivity (Wildman–Crippen MR) is 78.8 cm³/mol. The molecule has 1 amide bonds. The highest BCUT2D eigenvalue weighted by molar-refractivity contribution is 6.33. The average Bonchev–Trinajstić information content (AvgIpc) is 2.35. The molecule has 18 heavy (non-hydrogen) atoms. The van der Waals surface area contributed by atoms with Crippen molar-refractivity contribution < 1.29 is 4.79 Å². The Morgan fingerprint density at radius 1 is 1.33 bits per heavy atom. The maximum absolute atomic E-state index is 11.2. The molecule has 0 aliphatic carbocycles. The average molecular weight is 244 g/mol. The summed E-state index contributed by atoms with van der Waals surface area (Å²) in [6.07, 6.45) is 0.922. The molecule has 0 bridgehead atoms. The van der Waals surface area contributed by atoms with Gasteiger partial charge in [-0.15, -0.1) is 0 Å². The molecule has 0 aromatic heterocycles. The van der Waals surface area contributed by atoms with Crippen LogP contribution in [0.15, 0.2) is 36.4 Å². The molecule has 0 aliphatic rings. The Balaban J connectivity index is 2.11. The van der Waals surface area contributed by atoms with E-state index in [2.05, 4.69) is 43.3 Å². The zero-order valence-electron chi connectivity index (χ0n) is 11.3. The van der Waals surface area contributed by atoms with Gasteiger partial charge in [-0.3, -0.25) is 4.79 Å². The van der Waals surface area contributed by atoms with E-state index in [1.54, 1.807) is 6.92 Å². The molecule has 3 nitrogen and oxygen atoms in total. The molecule has 1 rings (SSSR count). The molecule has 2 N–H and O–H groups in total. The van der Waals surface area contributed by atoms with Gasteiger partial charge in [0.15, 0.2) is 0 Å². The first-order valence-corrected chi connectivity index (χ1v) is 6.30. The van der Waals surface area contributed by atoms with Gasteiger partial charge in [-0.1, -0.05) is 36.3 Å². The molecule has 0 fully saturated rings. The Morgan fingerprint density at radius 2 is 2.06 bits per heavy atom. The number of hydrogen-bond acceptors (Lipinski definition) is 2. The molecule has 0 unspecified atom stereocenters. The molecule has 1 aromatic rings. The molecule has 0 atom stereocenters. The van der Waals surface area contributed by atoms with Crippen molar-refractivity contribution in [3.8, 4) is 0 Å². The van der Waals surface area contributed by atoms with Crippen LogP contribution in [0.4, 0.5) is 0 Å². The molecule has 1 aromatic carbocycles. The van der Waals surface area contributed by atoms with Crippen LogP contribution in [0.1, 0.15) is 18.9 Å². The van der Waals surface area contributed by atoms with E-state index in [0.717, 1.165) is 19.5 Å². The minimum atomic E-state index is -0.0612. The highest BCUT2D eigenvalue weighted by atomic mass is 16.1. The second-order valence-corrected chi connectivity index (χ2v) is 4.49. The zero-order chi connectivity index (χ0) is 13.4. The summed E-state index contributed by atoms with van der Waals surface area (Å²) in [6, 6.07) is 8.35. The molecule has 0 heterocycles. The molecule has 0 aliphatic heterocycles. The van der Waals surface area contributed by atoms with Crippen molar-refractivity contribution in [3.63, 3.8) is 0 Å². The SMILES string of the molecule is Bc1ccccc1CNCCCNC(=O)C(=C)C. The van der Waals surface area contributed by atoms with Crippen molar-refractivity contribution >= 4 is 19.2 Å². The Morgan fingerprint density at radius 3 is 2.72 bits per heavy atom. The summed E-state index contributed by atoms with van der Waals surface area (Å²) < 4.78 is 0. The van der Waals surface area contributed by atoms with E-state index in [9.17, 15) is 4.79 Å². The highest BCUT2D eigenvalue weighted by Crippen LogP contribution is 1.93. The number of rotatable bonds is 7. The van der Waals surface area contributed by atoms with Crippen LogP contribution in [-0.4, -0.2) is 26.8 Å². The number of carbonyl (C=O) groups is 1. The Bertz CT molecular complexity index is 418. The van der Waals surface area contributed by atoms with E-state index in [0.29, 0.717) is 12.1 Å². The van der Waals surface area contributed by atoms with Gasteiger partial charge in [-0.05, 0) is 25.5 Å². The first kappa shape index (κ1) is 14.5. The summed E-state index contributed by atoms with van der Waals surface area (Å²) in [4.78, 5) is 11.2. The molecular formula is C14H21BN2O. The molecular weight excluding hydrogens is 223 g/mol. The first-order valence-electron chi connectivity index (χ1n) is 6.30. The number of benzene rings is 1. The van der Waals surface area contributed by atoms with Gasteiger partial charge >= 0.3 is 0 Å². The van der Waals surface area contributed by atoms with E-state index >= 15 is 0 Å². The molecule has 0 radical (unpaired) electrons. The van der Waals surface area contributed by atoms with Gasteiger partial charge in [-0.25, -0.2) is 0 Å². The Kier molecular flexibility index (Phi) is 6.22. The van der Waals surface area contributed by atoms with Crippen LogP contribution in [-0.2, 0) is 11.3 Å². The van der Waals surface area contributed by atoms with Crippen molar-refractivity contribution in [2.75, 3.05) is 13.1 Å². The predicted octanol–water partition coefficient (Wildman–Crippen LogP) is 0.117. The van der Waals surface area contributed by atoms with Gasteiger partial charge in [0.25, 0.3) is 0 Å². The Hall–Kier alpha value is -1.55. The van der Waals surface area contributed by atoms with Gasteiger partial charge in [0.2, 0.25) is 5.91 Å². The van der Waals surface area contributed by atoms with Gasteiger partial charge < -0.3 is 10.6 Å². The van der Waals surface area contributed by atoms with E-state index in [1.807, 2.05) is 6.07 Å². The standard InChI is InChI=1S/C14H21BN2O/c1-11(2)14(18)17-9-5-8-16-10-12-6-3-4-7-13(12)15/h3-4,6-7,16H,1,5,8-10,15H2,2H3,(H,17,18). The second-order valence-electron chi connectivity index (χ2n) is 4.49. The lowest BCUT2D eigenvalue weighted by Crippen LogP contribution is -2.28. The van der Waals surface area contributed by atoms with E-state index in [-0.39, 0.29) is 5.91 Å². The fourth-order valence-electron chi connectivity index (χ4n) is 1.60. The number of nitrogens with one attached hydrogen (secondary N) is 2. The summed E-state index contributed by atoms with van der Waals surface area (Å²) in [5, 5.41) is 6.19. The maximum Gasteiger partial charge on any atom is 0.246 e. The topological polar surface area (TPSA) is 41.1 Å². The summed E-state index contributed by atoms with van der Waals surface area (Å²) in [5.74, 6) is -0.0612. The van der Waals surface area contributed by atoms with Crippen molar-refractivity contribution in [3.05, 3.63) is 42.0 Å². The summed E-state index contributed by atoms with van der Waals surface area (Å²) >= 11 is 0. The van der Waals surface area contributed by atoms with Gasteiger partial charge in [-0.2, -0.15) is 0 Å². The van der Waals surface area contributed by atoms with Crippen LogP contribution in [0.25, 0.3) is 0 Å². The number of carbonyl (C=O) groups excluding carboxylic acids is 1. The summed E-state index contributed by atoms with van der Waals surface area (Å²) in [5.41, 5.74) is 3.19. The van der Waals surface area contributed by atoms with Crippen molar-refractivity contribution in [1.82, 2.24) is 10.6 Å². The minimum absolute atomic E-state index is 0.0612. The van der Waals surface area contributed by atoms with Crippen LogP contribution in [0.2, 0.25) is 0 Å². The lowest BCUT2D eigenvalue weighted by atomic mass is 9.91. The van der Waals surface area contributed by atoms with Crippen LogP contribution < -0.4 is 16.1 Å². The molecule has 0 saturated carbocycles. The van der Waals surface area contributed by atoms with Crippen molar-refractivity contribution in [2.24, 2.45) is 0 Å². The molecule has 0 saturated heterocycles. The van der Waals surface area contributed by atoms with E-state index in [1.165, 1.54) is 11.0 Å². The van der Waals surface area contributed by atoms with E-state index < -0.39 is 0 Å². The second kappa shape index (κ2) is 7.72. The molecule has 0 spiro atoms. The van der Waals surface area contributed by atoms with Crippen LogP contribution in [0.3, 0.4) is 0 Å². The van der Waals surface area contributed by atoms with Gasteiger partial charge in [0, 0.05) is 18.7 Å². The molecule has 96 valence electrons. The fraction of sp³-hybridized carbons (Fsp3) is 0.357. The lowest BCUT2D eigenvalue weighted by molar-refractivity contribution is -0.117. The van der Waals surface area contributed by atoms with Crippen molar-refractivity contribution in [1.29, 1.82) is 0 Å². The largest absolute Gasteiger partial charge is 0.352 e. The zero-order valence-corrected chi connectivity index (χ0v) is 11.3. The van der Waals surface area contributed by atoms with Crippen LogP contribution in [0.5, 0.6) is 0 Å². The van der Waals surface area contributed by atoms with Crippen LogP contribution in [0, 0.1) is 0 Å².